The minimum absolute atomic E-state index is 0.587. The van der Waals surface area contributed by atoms with E-state index in [1.54, 1.807) is 0 Å². The van der Waals surface area contributed by atoms with Gasteiger partial charge in [0, 0.05) is 0 Å². The van der Waals surface area contributed by atoms with Gasteiger partial charge in [0.1, 0.15) is 42.7 Å². The molecule has 2 aliphatic rings. The van der Waals surface area contributed by atoms with Gasteiger partial charge in [-0.2, -0.15) is 0 Å². The molecule has 0 saturated carbocycles. The topological polar surface area (TPSA) is 195 Å². The van der Waals surface area contributed by atoms with Crippen LogP contribution >= 0.6 is 0 Å². The molecule has 10 atom stereocenters. The Balaban J connectivity index is 2.07. The van der Waals surface area contributed by atoms with Crippen LogP contribution in [0.1, 0.15) is 0 Å². The van der Waals surface area contributed by atoms with Crippen molar-refractivity contribution in [2.75, 3.05) is 13.2 Å². The van der Waals surface area contributed by atoms with Crippen molar-refractivity contribution in [2.45, 2.75) is 61.3 Å². The van der Waals surface area contributed by atoms with E-state index in [0.29, 0.717) is 0 Å². The maximum atomic E-state index is 9.96. The molecule has 9 N–H and O–H groups in total. The van der Waals surface area contributed by atoms with Crippen LogP contribution in [0.5, 0.6) is 0 Å². The van der Waals surface area contributed by atoms with Crippen LogP contribution in [0.25, 0.3) is 0 Å². The summed E-state index contributed by atoms with van der Waals surface area (Å²) in [5, 5.41) is 67.1. The second-order valence-electron chi connectivity index (χ2n) is 5.62. The monoisotopic (exact) mass is 341 g/mol. The van der Waals surface area contributed by atoms with Crippen molar-refractivity contribution in [3.05, 3.63) is 0 Å². The Kier molecular flexibility index (Phi) is 6.27. The van der Waals surface area contributed by atoms with Crippen molar-refractivity contribution >= 4 is 0 Å². The minimum atomic E-state index is -1.68. The molecule has 2 rings (SSSR count). The van der Waals surface area contributed by atoms with Gasteiger partial charge >= 0.3 is 0 Å². The average Bonchev–Trinajstić information content (AvgIpc) is 2.55. The maximum Gasteiger partial charge on any atom is 0.189 e. The number of aliphatic hydroxyl groups excluding tert-OH is 7. The van der Waals surface area contributed by atoms with Crippen LogP contribution < -0.4 is 5.73 Å². The van der Waals surface area contributed by atoms with Crippen LogP contribution in [0.2, 0.25) is 0 Å². The first-order valence-corrected chi connectivity index (χ1v) is 7.15. The highest BCUT2D eigenvalue weighted by molar-refractivity contribution is 4.93. The Morgan fingerprint density at radius 1 is 0.696 bits per heavy atom. The molecule has 0 unspecified atom stereocenters. The maximum absolute atomic E-state index is 9.96. The third-order valence-electron chi connectivity index (χ3n) is 4.05. The molecule has 0 aromatic carbocycles. The summed E-state index contributed by atoms with van der Waals surface area (Å²) in [7, 11) is 0. The highest BCUT2D eigenvalue weighted by Crippen LogP contribution is 2.27. The van der Waals surface area contributed by atoms with Gasteiger partial charge in [0.05, 0.1) is 19.3 Å². The van der Waals surface area contributed by atoms with E-state index >= 15 is 0 Å². The van der Waals surface area contributed by atoms with Crippen LogP contribution in [-0.4, -0.2) is 110 Å². The fourth-order valence-corrected chi connectivity index (χ4v) is 2.54. The third-order valence-corrected chi connectivity index (χ3v) is 4.05. The lowest BCUT2D eigenvalue weighted by molar-refractivity contribution is -0.368. The van der Waals surface area contributed by atoms with E-state index in [0.717, 1.165) is 0 Å². The molecule has 0 spiro atoms. The fourth-order valence-electron chi connectivity index (χ4n) is 2.54. The summed E-state index contributed by atoms with van der Waals surface area (Å²) in [6, 6.07) is -1.18. The van der Waals surface area contributed by atoms with E-state index in [4.69, 9.17) is 30.2 Å². The highest BCUT2D eigenvalue weighted by Gasteiger charge is 2.49. The number of hydrogen-bond acceptors (Lipinski definition) is 11. The first-order valence-electron chi connectivity index (χ1n) is 7.15. The number of ether oxygens (including phenoxy) is 3. The van der Waals surface area contributed by atoms with Crippen molar-refractivity contribution < 1.29 is 50.0 Å². The van der Waals surface area contributed by atoms with E-state index in [9.17, 15) is 25.5 Å². The molecule has 0 radical (unpaired) electrons. The molecule has 0 aromatic heterocycles. The van der Waals surface area contributed by atoms with Crippen molar-refractivity contribution in [2.24, 2.45) is 5.73 Å². The molecule has 2 aliphatic heterocycles. The molecule has 0 bridgehead atoms. The van der Waals surface area contributed by atoms with Gasteiger partial charge in [-0.1, -0.05) is 0 Å². The second kappa shape index (κ2) is 7.63. The van der Waals surface area contributed by atoms with Gasteiger partial charge in [-0.05, 0) is 0 Å². The summed E-state index contributed by atoms with van der Waals surface area (Å²) >= 11 is 0. The zero-order valence-electron chi connectivity index (χ0n) is 12.1. The molecule has 136 valence electrons. The molecule has 11 heteroatoms. The SMILES string of the molecule is N[C@@H]1[C@H](O)[C@@H](O[C@H]2O[C@H](CO)[C@@H](O)[C@H](O)[C@H]2O)O[C@H](CO)[C@H]1O. The zero-order valence-corrected chi connectivity index (χ0v) is 12.1. The molecular weight excluding hydrogens is 318 g/mol. The Hall–Kier alpha value is -0.440. The lowest BCUT2D eigenvalue weighted by Crippen LogP contribution is -2.65. The molecule has 11 nitrogen and oxygen atoms in total. The first kappa shape index (κ1) is 18.9. The smallest absolute Gasteiger partial charge is 0.189 e. The fraction of sp³-hybridized carbons (Fsp3) is 1.00. The van der Waals surface area contributed by atoms with Gasteiger partial charge in [-0.3, -0.25) is 0 Å². The second-order valence-corrected chi connectivity index (χ2v) is 5.62. The average molecular weight is 341 g/mol. The number of nitrogens with two attached hydrogens (primary N) is 1. The Bertz CT molecular complexity index is 349. The molecule has 0 amide bonds. The minimum Gasteiger partial charge on any atom is -0.394 e. The summed E-state index contributed by atoms with van der Waals surface area (Å²) in [5.74, 6) is 0. The van der Waals surface area contributed by atoms with Gasteiger partial charge in [0.2, 0.25) is 0 Å². The lowest BCUT2D eigenvalue weighted by Gasteiger charge is -2.44. The van der Waals surface area contributed by atoms with E-state index in [-0.39, 0.29) is 0 Å². The molecule has 2 heterocycles. The van der Waals surface area contributed by atoms with Gasteiger partial charge < -0.3 is 55.7 Å². The quantitative estimate of drug-likeness (QED) is 0.243. The summed E-state index contributed by atoms with van der Waals surface area (Å²) in [4.78, 5) is 0. The van der Waals surface area contributed by atoms with Gasteiger partial charge in [-0.25, -0.2) is 0 Å². The summed E-state index contributed by atoms with van der Waals surface area (Å²) in [6.07, 6.45) is -13.0. The largest absolute Gasteiger partial charge is 0.394 e. The predicted octanol–water partition coefficient (Wildman–Crippen LogP) is -5.43. The molecule has 2 fully saturated rings. The zero-order chi connectivity index (χ0) is 17.3. The van der Waals surface area contributed by atoms with E-state index in [1.165, 1.54) is 0 Å². The Morgan fingerprint density at radius 2 is 1.17 bits per heavy atom. The van der Waals surface area contributed by atoms with Crippen molar-refractivity contribution in [3.8, 4) is 0 Å². The van der Waals surface area contributed by atoms with Crippen LogP contribution in [-0.2, 0) is 14.2 Å². The first-order chi connectivity index (χ1) is 10.8. The lowest BCUT2D eigenvalue weighted by atomic mass is 9.97. The standard InChI is InChI=1S/C12H23NO10/c13-5-6(16)3(1-14)21-11(8(5)18)23-12-10(20)9(19)7(17)4(2-15)22-12/h3-12,14-20H,1-2,13H2/t3-,4-,5+,6-,7-,8+,9+,10-,11-,12-/m1/s1. The third kappa shape index (κ3) is 3.65. The van der Waals surface area contributed by atoms with E-state index in [2.05, 4.69) is 0 Å². The highest BCUT2D eigenvalue weighted by atomic mass is 16.8. The normalized spacial score (nSPS) is 51.7. The Labute approximate surface area is 131 Å². The van der Waals surface area contributed by atoms with E-state index in [1.807, 2.05) is 0 Å². The predicted molar refractivity (Wildman–Crippen MR) is 70.6 cm³/mol. The van der Waals surface area contributed by atoms with Gasteiger partial charge in [-0.15, -0.1) is 0 Å². The summed E-state index contributed by atoms with van der Waals surface area (Å²) in [6.45, 7) is -1.23. The molecular formula is C12H23NO10. The van der Waals surface area contributed by atoms with Crippen LogP contribution in [0, 0.1) is 0 Å². The van der Waals surface area contributed by atoms with Crippen molar-refractivity contribution in [1.29, 1.82) is 0 Å². The van der Waals surface area contributed by atoms with Crippen LogP contribution in [0.3, 0.4) is 0 Å². The van der Waals surface area contributed by atoms with Crippen LogP contribution in [0.4, 0.5) is 0 Å². The van der Waals surface area contributed by atoms with Gasteiger partial charge in [0.25, 0.3) is 0 Å². The summed E-state index contributed by atoms with van der Waals surface area (Å²) in [5.41, 5.74) is 5.62. The van der Waals surface area contributed by atoms with Crippen molar-refractivity contribution in [3.63, 3.8) is 0 Å². The van der Waals surface area contributed by atoms with Gasteiger partial charge in [0.15, 0.2) is 12.6 Å². The molecule has 23 heavy (non-hydrogen) atoms. The molecule has 0 aromatic rings. The Morgan fingerprint density at radius 3 is 1.70 bits per heavy atom. The number of hydrogen-bond donors (Lipinski definition) is 8. The van der Waals surface area contributed by atoms with Crippen LogP contribution in [0.15, 0.2) is 0 Å². The molecule has 2 saturated heterocycles. The molecule has 0 aliphatic carbocycles. The summed E-state index contributed by atoms with van der Waals surface area (Å²) < 4.78 is 15.5. The van der Waals surface area contributed by atoms with Crippen molar-refractivity contribution in [1.82, 2.24) is 0 Å². The number of rotatable bonds is 4. The number of aliphatic hydroxyl groups is 7. The van der Waals surface area contributed by atoms with E-state index < -0.39 is 74.6 Å².